The van der Waals surface area contributed by atoms with Crippen LogP contribution < -0.4 is 0 Å². The van der Waals surface area contributed by atoms with E-state index < -0.39 is 0 Å². The van der Waals surface area contributed by atoms with Crippen LogP contribution in [-0.2, 0) is 13.1 Å². The Kier molecular flexibility index (Phi) is 6.13. The van der Waals surface area contributed by atoms with Crippen LogP contribution in [0.5, 0.6) is 0 Å². The van der Waals surface area contributed by atoms with Gasteiger partial charge in [-0.1, -0.05) is 19.9 Å². The molecule has 0 aromatic carbocycles. The van der Waals surface area contributed by atoms with Crippen molar-refractivity contribution >= 4 is 0 Å². The number of aromatic nitrogens is 3. The van der Waals surface area contributed by atoms with Crippen molar-refractivity contribution in [2.45, 2.75) is 47.2 Å². The van der Waals surface area contributed by atoms with Gasteiger partial charge in [0.15, 0.2) is 0 Å². The second-order valence-electron chi connectivity index (χ2n) is 6.45. The number of hydrogen-bond acceptors (Lipinski definition) is 3. The minimum atomic E-state index is 0.664. The van der Waals surface area contributed by atoms with Gasteiger partial charge in [-0.3, -0.25) is 14.6 Å². The molecule has 0 spiro atoms. The monoisotopic (exact) mass is 300 g/mol. The molecule has 0 atom stereocenters. The molecule has 0 N–H and O–H groups in total. The molecule has 0 unspecified atom stereocenters. The summed E-state index contributed by atoms with van der Waals surface area (Å²) in [5, 5.41) is 4.54. The van der Waals surface area contributed by atoms with E-state index in [2.05, 4.69) is 65.6 Å². The van der Waals surface area contributed by atoms with Gasteiger partial charge in [0.25, 0.3) is 0 Å². The highest BCUT2D eigenvalue weighted by molar-refractivity contribution is 5.06. The van der Waals surface area contributed by atoms with Crippen LogP contribution in [0.4, 0.5) is 0 Å². The van der Waals surface area contributed by atoms with Crippen LogP contribution in [0.15, 0.2) is 30.5 Å². The molecule has 2 aromatic rings. The van der Waals surface area contributed by atoms with Crippen molar-refractivity contribution in [3.8, 4) is 0 Å². The van der Waals surface area contributed by atoms with Crippen LogP contribution in [0, 0.1) is 19.8 Å². The molecule has 0 amide bonds. The molecule has 0 fully saturated rings. The molecule has 0 aliphatic heterocycles. The van der Waals surface area contributed by atoms with Gasteiger partial charge in [0, 0.05) is 38.1 Å². The smallest absolute Gasteiger partial charge is 0.0596 e. The fourth-order valence-electron chi connectivity index (χ4n) is 2.82. The van der Waals surface area contributed by atoms with E-state index in [0.29, 0.717) is 5.92 Å². The lowest BCUT2D eigenvalue weighted by molar-refractivity contribution is 0.225. The maximum Gasteiger partial charge on any atom is 0.0596 e. The van der Waals surface area contributed by atoms with E-state index in [1.807, 2.05) is 12.3 Å². The first kappa shape index (κ1) is 16.7. The fraction of sp³-hybridized carbons (Fsp3) is 0.556. The third-order valence-corrected chi connectivity index (χ3v) is 3.68. The average molecular weight is 300 g/mol. The Morgan fingerprint density at radius 1 is 1.23 bits per heavy atom. The van der Waals surface area contributed by atoms with Crippen molar-refractivity contribution in [3.63, 3.8) is 0 Å². The van der Waals surface area contributed by atoms with Gasteiger partial charge in [0.2, 0.25) is 0 Å². The molecule has 0 radical (unpaired) electrons. The molecule has 22 heavy (non-hydrogen) atoms. The predicted molar refractivity (Wildman–Crippen MR) is 90.7 cm³/mol. The van der Waals surface area contributed by atoms with Gasteiger partial charge in [-0.05, 0) is 44.4 Å². The summed E-state index contributed by atoms with van der Waals surface area (Å²) in [6.07, 6.45) is 2.99. The van der Waals surface area contributed by atoms with Crippen LogP contribution in [0.25, 0.3) is 0 Å². The summed E-state index contributed by atoms with van der Waals surface area (Å²) in [6.45, 7) is 12.8. The lowest BCUT2D eigenvalue weighted by Crippen LogP contribution is -2.29. The van der Waals surface area contributed by atoms with E-state index in [4.69, 9.17) is 0 Å². The Balaban J connectivity index is 1.88. The number of aryl methyl sites for hydroxylation is 3. The van der Waals surface area contributed by atoms with Crippen LogP contribution in [0.2, 0.25) is 0 Å². The van der Waals surface area contributed by atoms with E-state index in [0.717, 1.165) is 44.0 Å². The zero-order valence-corrected chi connectivity index (χ0v) is 14.3. The molecule has 4 heteroatoms. The second-order valence-corrected chi connectivity index (χ2v) is 6.45. The van der Waals surface area contributed by atoms with Crippen molar-refractivity contribution in [1.82, 2.24) is 19.7 Å². The third kappa shape index (κ3) is 5.26. The first-order valence-corrected chi connectivity index (χ1v) is 8.18. The molecular weight excluding hydrogens is 272 g/mol. The minimum absolute atomic E-state index is 0.664. The van der Waals surface area contributed by atoms with E-state index in [-0.39, 0.29) is 0 Å². The average Bonchev–Trinajstić information content (AvgIpc) is 2.77. The normalized spacial score (nSPS) is 11.5. The molecule has 0 aliphatic carbocycles. The summed E-state index contributed by atoms with van der Waals surface area (Å²) in [7, 11) is 0. The Morgan fingerprint density at radius 2 is 2.05 bits per heavy atom. The van der Waals surface area contributed by atoms with Crippen LogP contribution in [-0.4, -0.2) is 32.8 Å². The van der Waals surface area contributed by atoms with Gasteiger partial charge in [0.05, 0.1) is 11.4 Å². The SMILES string of the molecule is Cc1cc(C)n(CCCN(Cc2ccccn2)CC(C)C)n1. The maximum absolute atomic E-state index is 4.54. The fourth-order valence-corrected chi connectivity index (χ4v) is 2.82. The lowest BCUT2D eigenvalue weighted by atomic mass is 10.2. The van der Waals surface area contributed by atoms with E-state index in [1.54, 1.807) is 0 Å². The Labute approximate surface area is 134 Å². The summed E-state index contributed by atoms with van der Waals surface area (Å²) in [5.41, 5.74) is 3.50. The van der Waals surface area contributed by atoms with Crippen LogP contribution >= 0.6 is 0 Å². The van der Waals surface area contributed by atoms with E-state index in [1.165, 1.54) is 5.69 Å². The zero-order chi connectivity index (χ0) is 15.9. The quantitative estimate of drug-likeness (QED) is 0.749. The summed E-state index contributed by atoms with van der Waals surface area (Å²) < 4.78 is 2.11. The van der Waals surface area contributed by atoms with Gasteiger partial charge in [-0.2, -0.15) is 5.10 Å². The highest BCUT2D eigenvalue weighted by Gasteiger charge is 2.09. The molecule has 2 rings (SSSR count). The Morgan fingerprint density at radius 3 is 2.64 bits per heavy atom. The summed E-state index contributed by atoms with van der Waals surface area (Å²) in [5.74, 6) is 0.664. The van der Waals surface area contributed by atoms with Crippen molar-refractivity contribution < 1.29 is 0 Å². The molecule has 0 bridgehead atoms. The highest BCUT2D eigenvalue weighted by atomic mass is 15.3. The Bertz CT molecular complexity index is 560. The van der Waals surface area contributed by atoms with E-state index >= 15 is 0 Å². The number of nitrogens with zero attached hydrogens (tertiary/aromatic N) is 4. The minimum Gasteiger partial charge on any atom is -0.297 e. The molecule has 4 nitrogen and oxygen atoms in total. The molecule has 0 saturated carbocycles. The van der Waals surface area contributed by atoms with Crippen molar-refractivity contribution in [2.75, 3.05) is 13.1 Å². The van der Waals surface area contributed by atoms with Gasteiger partial charge >= 0.3 is 0 Å². The first-order valence-electron chi connectivity index (χ1n) is 8.18. The van der Waals surface area contributed by atoms with Gasteiger partial charge in [-0.25, -0.2) is 0 Å². The van der Waals surface area contributed by atoms with Gasteiger partial charge in [-0.15, -0.1) is 0 Å². The molecule has 2 aromatic heterocycles. The van der Waals surface area contributed by atoms with Gasteiger partial charge in [0.1, 0.15) is 0 Å². The Hall–Kier alpha value is -1.68. The molecule has 120 valence electrons. The van der Waals surface area contributed by atoms with Crippen LogP contribution in [0.1, 0.15) is 37.4 Å². The molecule has 2 heterocycles. The summed E-state index contributed by atoms with van der Waals surface area (Å²) >= 11 is 0. The number of rotatable bonds is 8. The maximum atomic E-state index is 4.54. The topological polar surface area (TPSA) is 34.0 Å². The standard InChI is InChI=1S/C18H28N4/c1-15(2)13-21(14-18-8-5-6-9-19-18)10-7-11-22-17(4)12-16(3)20-22/h5-6,8-9,12,15H,7,10-11,13-14H2,1-4H3. The predicted octanol–water partition coefficient (Wildman–Crippen LogP) is 3.44. The summed E-state index contributed by atoms with van der Waals surface area (Å²) in [4.78, 5) is 6.95. The highest BCUT2D eigenvalue weighted by Crippen LogP contribution is 2.08. The van der Waals surface area contributed by atoms with Crippen LogP contribution in [0.3, 0.4) is 0 Å². The molecular formula is C18H28N4. The third-order valence-electron chi connectivity index (χ3n) is 3.68. The van der Waals surface area contributed by atoms with Crippen molar-refractivity contribution in [2.24, 2.45) is 5.92 Å². The summed E-state index contributed by atoms with van der Waals surface area (Å²) in [6, 6.07) is 8.28. The lowest BCUT2D eigenvalue weighted by Gasteiger charge is -2.24. The van der Waals surface area contributed by atoms with E-state index in [9.17, 15) is 0 Å². The largest absolute Gasteiger partial charge is 0.297 e. The second kappa shape index (κ2) is 8.08. The number of pyridine rings is 1. The van der Waals surface area contributed by atoms with Crippen molar-refractivity contribution in [1.29, 1.82) is 0 Å². The molecule has 0 aliphatic rings. The van der Waals surface area contributed by atoms with Gasteiger partial charge < -0.3 is 0 Å². The number of hydrogen-bond donors (Lipinski definition) is 0. The molecule has 0 saturated heterocycles. The zero-order valence-electron chi connectivity index (χ0n) is 14.3. The van der Waals surface area contributed by atoms with Crippen molar-refractivity contribution in [3.05, 3.63) is 47.5 Å². The first-order chi connectivity index (χ1) is 10.5.